The van der Waals surface area contributed by atoms with Crippen LogP contribution < -0.4 is 5.32 Å². The number of fused-ring (bicyclic) bond motifs is 2. The van der Waals surface area contributed by atoms with Gasteiger partial charge in [0, 0.05) is 32.2 Å². The quantitative estimate of drug-likeness (QED) is 0.801. The van der Waals surface area contributed by atoms with Crippen LogP contribution in [-0.2, 0) is 0 Å². The van der Waals surface area contributed by atoms with Gasteiger partial charge in [-0.1, -0.05) is 6.42 Å². The Kier molecular flexibility index (Phi) is 4.15. The molecule has 0 radical (unpaired) electrons. The van der Waals surface area contributed by atoms with Gasteiger partial charge in [0.25, 0.3) is 0 Å². The first-order valence-electron chi connectivity index (χ1n) is 6.77. The van der Waals surface area contributed by atoms with Crippen molar-refractivity contribution in [3.63, 3.8) is 0 Å². The number of nitrogens with zero attached hydrogens (tertiary/aromatic N) is 1. The molecule has 2 saturated carbocycles. The van der Waals surface area contributed by atoms with Crippen molar-refractivity contribution < 1.29 is 0 Å². The highest BCUT2D eigenvalue weighted by Crippen LogP contribution is 2.48. The van der Waals surface area contributed by atoms with E-state index in [1.165, 1.54) is 39.0 Å². The van der Waals surface area contributed by atoms with E-state index >= 15 is 0 Å². The lowest BCUT2D eigenvalue weighted by atomic mass is 9.88. The first-order chi connectivity index (χ1) is 7.33. The number of nitrogens with one attached hydrogen (secondary N) is 1. The minimum Gasteiger partial charge on any atom is -0.314 e. The average molecular weight is 245 g/mol. The lowest BCUT2D eigenvalue weighted by Crippen LogP contribution is -2.51. The molecule has 3 fully saturated rings. The number of hydrogen-bond acceptors (Lipinski definition) is 2. The molecule has 0 aromatic heterocycles. The molecule has 2 nitrogen and oxygen atoms in total. The molecule has 1 aliphatic heterocycles. The molecule has 3 heteroatoms. The Morgan fingerprint density at radius 1 is 1.25 bits per heavy atom. The van der Waals surface area contributed by atoms with Gasteiger partial charge in [0.05, 0.1) is 0 Å². The summed E-state index contributed by atoms with van der Waals surface area (Å²) in [6, 6.07) is 0.762. The molecule has 3 rings (SSSR count). The Balaban J connectivity index is 0.000000963. The SMILES string of the molecule is C[C@H]1CNCCN1CC1CC2CCC1C2.Cl. The van der Waals surface area contributed by atoms with Crippen LogP contribution in [0.5, 0.6) is 0 Å². The zero-order valence-corrected chi connectivity index (χ0v) is 11.1. The van der Waals surface area contributed by atoms with E-state index in [-0.39, 0.29) is 12.4 Å². The average Bonchev–Trinajstić information content (AvgIpc) is 2.83. The monoisotopic (exact) mass is 244 g/mol. The van der Waals surface area contributed by atoms with Gasteiger partial charge < -0.3 is 5.32 Å². The van der Waals surface area contributed by atoms with E-state index < -0.39 is 0 Å². The third-order valence-corrected chi connectivity index (χ3v) is 4.99. The lowest BCUT2D eigenvalue weighted by Gasteiger charge is -2.37. The van der Waals surface area contributed by atoms with Gasteiger partial charge in [-0.2, -0.15) is 0 Å². The van der Waals surface area contributed by atoms with Gasteiger partial charge in [-0.25, -0.2) is 0 Å². The summed E-state index contributed by atoms with van der Waals surface area (Å²) in [5.74, 6) is 3.25. The first kappa shape index (κ1) is 12.7. The summed E-state index contributed by atoms with van der Waals surface area (Å²) in [7, 11) is 0. The number of halogens is 1. The van der Waals surface area contributed by atoms with Crippen molar-refractivity contribution in [3.05, 3.63) is 0 Å². The molecule has 0 spiro atoms. The molecule has 1 saturated heterocycles. The summed E-state index contributed by atoms with van der Waals surface area (Å²) in [6.07, 6.45) is 6.18. The van der Waals surface area contributed by atoms with Crippen LogP contribution in [-0.4, -0.2) is 37.1 Å². The zero-order valence-electron chi connectivity index (χ0n) is 10.3. The molecule has 0 aromatic carbocycles. The molecule has 94 valence electrons. The molecule has 0 aromatic rings. The van der Waals surface area contributed by atoms with Crippen molar-refractivity contribution in [1.29, 1.82) is 0 Å². The second-order valence-electron chi connectivity index (χ2n) is 5.98. The van der Waals surface area contributed by atoms with Crippen LogP contribution in [0.3, 0.4) is 0 Å². The van der Waals surface area contributed by atoms with E-state index in [0.717, 1.165) is 23.8 Å². The second-order valence-corrected chi connectivity index (χ2v) is 5.98. The maximum atomic E-state index is 3.48. The van der Waals surface area contributed by atoms with Crippen molar-refractivity contribution in [2.24, 2.45) is 17.8 Å². The smallest absolute Gasteiger partial charge is 0.0193 e. The molecule has 2 aliphatic carbocycles. The maximum Gasteiger partial charge on any atom is 0.0193 e. The molecular weight excluding hydrogens is 220 g/mol. The Hall–Kier alpha value is 0.210. The number of hydrogen-bond donors (Lipinski definition) is 1. The first-order valence-corrected chi connectivity index (χ1v) is 6.77. The van der Waals surface area contributed by atoms with Crippen LogP contribution in [0.2, 0.25) is 0 Å². The van der Waals surface area contributed by atoms with E-state index in [0.29, 0.717) is 0 Å². The molecule has 3 unspecified atom stereocenters. The molecule has 4 atom stereocenters. The van der Waals surface area contributed by atoms with Gasteiger partial charge in [-0.15, -0.1) is 12.4 Å². The Morgan fingerprint density at radius 3 is 2.75 bits per heavy atom. The summed E-state index contributed by atoms with van der Waals surface area (Å²) < 4.78 is 0. The summed E-state index contributed by atoms with van der Waals surface area (Å²) in [5, 5.41) is 3.48. The van der Waals surface area contributed by atoms with Crippen molar-refractivity contribution in [2.45, 2.75) is 38.6 Å². The van der Waals surface area contributed by atoms with Crippen molar-refractivity contribution in [1.82, 2.24) is 10.2 Å². The minimum absolute atomic E-state index is 0. The van der Waals surface area contributed by atoms with Crippen molar-refractivity contribution in [3.8, 4) is 0 Å². The van der Waals surface area contributed by atoms with E-state index in [4.69, 9.17) is 0 Å². The minimum atomic E-state index is 0. The normalized spacial score (nSPS) is 43.3. The summed E-state index contributed by atoms with van der Waals surface area (Å²) in [4.78, 5) is 2.72. The van der Waals surface area contributed by atoms with Crippen molar-refractivity contribution in [2.75, 3.05) is 26.2 Å². The fourth-order valence-corrected chi connectivity index (χ4v) is 4.06. The largest absolute Gasteiger partial charge is 0.314 e. The highest BCUT2D eigenvalue weighted by Gasteiger charge is 2.40. The fourth-order valence-electron chi connectivity index (χ4n) is 4.06. The summed E-state index contributed by atoms with van der Waals surface area (Å²) in [6.45, 7) is 7.43. The number of piperazine rings is 1. The van der Waals surface area contributed by atoms with Crippen LogP contribution in [0.1, 0.15) is 32.6 Å². The molecular formula is C13H25ClN2. The van der Waals surface area contributed by atoms with Crippen LogP contribution in [0.25, 0.3) is 0 Å². The van der Waals surface area contributed by atoms with Gasteiger partial charge in [0.2, 0.25) is 0 Å². The van der Waals surface area contributed by atoms with Gasteiger partial charge in [0.1, 0.15) is 0 Å². The van der Waals surface area contributed by atoms with Crippen LogP contribution in [0, 0.1) is 17.8 Å². The molecule has 1 heterocycles. The maximum absolute atomic E-state index is 3.48. The van der Waals surface area contributed by atoms with Crippen LogP contribution in [0.15, 0.2) is 0 Å². The van der Waals surface area contributed by atoms with Gasteiger partial charge in [-0.05, 0) is 43.9 Å². The highest BCUT2D eigenvalue weighted by molar-refractivity contribution is 5.85. The summed E-state index contributed by atoms with van der Waals surface area (Å²) >= 11 is 0. The van der Waals surface area contributed by atoms with E-state index in [9.17, 15) is 0 Å². The Morgan fingerprint density at radius 2 is 2.12 bits per heavy atom. The predicted molar refractivity (Wildman–Crippen MR) is 70.1 cm³/mol. The van der Waals surface area contributed by atoms with Crippen LogP contribution in [0.4, 0.5) is 0 Å². The predicted octanol–water partition coefficient (Wildman–Crippen LogP) is 2.14. The standard InChI is InChI=1S/C13H24N2.ClH/c1-10-8-14-4-5-15(10)9-13-7-11-2-3-12(13)6-11;/h10-14H,2-9H2,1H3;1H/t10-,11?,12?,13?;/m0./s1. The Labute approximate surface area is 106 Å². The lowest BCUT2D eigenvalue weighted by molar-refractivity contribution is 0.127. The molecule has 1 N–H and O–H groups in total. The van der Waals surface area contributed by atoms with E-state index in [2.05, 4.69) is 17.1 Å². The zero-order chi connectivity index (χ0) is 10.3. The summed E-state index contributed by atoms with van der Waals surface area (Å²) in [5.41, 5.74) is 0. The third kappa shape index (κ3) is 2.39. The third-order valence-electron chi connectivity index (χ3n) is 4.99. The molecule has 3 aliphatic rings. The van der Waals surface area contributed by atoms with Crippen LogP contribution >= 0.6 is 12.4 Å². The van der Waals surface area contributed by atoms with E-state index in [1.807, 2.05) is 0 Å². The molecule has 2 bridgehead atoms. The van der Waals surface area contributed by atoms with E-state index in [1.54, 1.807) is 12.8 Å². The topological polar surface area (TPSA) is 15.3 Å². The fraction of sp³-hybridized carbons (Fsp3) is 1.00. The second kappa shape index (κ2) is 5.24. The van der Waals surface area contributed by atoms with Crippen molar-refractivity contribution >= 4 is 12.4 Å². The number of rotatable bonds is 2. The van der Waals surface area contributed by atoms with Gasteiger partial charge >= 0.3 is 0 Å². The molecule has 16 heavy (non-hydrogen) atoms. The van der Waals surface area contributed by atoms with Gasteiger partial charge in [-0.3, -0.25) is 4.90 Å². The Bertz CT molecular complexity index is 234. The highest BCUT2D eigenvalue weighted by atomic mass is 35.5. The van der Waals surface area contributed by atoms with Gasteiger partial charge in [0.15, 0.2) is 0 Å². The molecule has 0 amide bonds.